The normalized spacial score (nSPS) is 11.2. The Balaban J connectivity index is 1.55. The minimum atomic E-state index is -0.102. The number of fused-ring (bicyclic) bond motifs is 1. The van der Waals surface area contributed by atoms with Gasteiger partial charge >= 0.3 is 0 Å². The van der Waals surface area contributed by atoms with Gasteiger partial charge in [0.1, 0.15) is 12.3 Å². The highest BCUT2D eigenvalue weighted by molar-refractivity contribution is 8.15. The highest BCUT2D eigenvalue weighted by Gasteiger charge is 2.09. The van der Waals surface area contributed by atoms with Crippen molar-refractivity contribution >= 4 is 56.2 Å². The van der Waals surface area contributed by atoms with E-state index in [2.05, 4.69) is 15.5 Å². The molecule has 0 fully saturated rings. The van der Waals surface area contributed by atoms with Crippen LogP contribution in [0.5, 0.6) is 5.75 Å². The number of aromatic nitrogens is 1. The van der Waals surface area contributed by atoms with E-state index in [9.17, 15) is 9.90 Å². The molecule has 0 amide bonds. The predicted molar refractivity (Wildman–Crippen MR) is 99.2 cm³/mol. The number of para-hydroxylation sites is 1. The van der Waals surface area contributed by atoms with Crippen LogP contribution < -0.4 is 5.43 Å². The number of thioether (sulfide) groups is 1. The fraction of sp³-hybridized carbons (Fsp3) is 0.0625. The average molecular weight is 378 g/mol. The van der Waals surface area contributed by atoms with Gasteiger partial charge in [0.15, 0.2) is 4.34 Å². The third-order valence-electron chi connectivity index (χ3n) is 3.01. The van der Waals surface area contributed by atoms with E-state index in [0.717, 1.165) is 22.0 Å². The van der Waals surface area contributed by atoms with E-state index in [1.807, 2.05) is 24.3 Å². The number of rotatable bonds is 5. The van der Waals surface area contributed by atoms with E-state index >= 15 is 0 Å². The SMILES string of the molecule is O=C(CN/N=C\c1c(O)cccc1Cl)Sc1nc2ccccc2s1. The lowest BCUT2D eigenvalue weighted by Gasteiger charge is -2.01. The Morgan fingerprint density at radius 3 is 2.96 bits per heavy atom. The quantitative estimate of drug-likeness (QED) is 0.400. The van der Waals surface area contributed by atoms with Crippen LogP contribution >= 0.6 is 34.7 Å². The molecule has 0 saturated carbocycles. The number of halogens is 1. The summed E-state index contributed by atoms with van der Waals surface area (Å²) in [7, 11) is 0. The maximum Gasteiger partial charge on any atom is 0.216 e. The van der Waals surface area contributed by atoms with Crippen molar-refractivity contribution in [3.05, 3.63) is 53.1 Å². The summed E-state index contributed by atoms with van der Waals surface area (Å²) >= 11 is 8.52. The highest BCUT2D eigenvalue weighted by Crippen LogP contribution is 2.29. The van der Waals surface area contributed by atoms with Gasteiger partial charge < -0.3 is 10.5 Å². The van der Waals surface area contributed by atoms with Crippen LogP contribution in [0.2, 0.25) is 5.02 Å². The number of nitrogens with zero attached hydrogens (tertiary/aromatic N) is 2. The van der Waals surface area contributed by atoms with E-state index in [1.165, 1.54) is 23.6 Å². The molecule has 1 aromatic heterocycles. The molecule has 0 atom stereocenters. The van der Waals surface area contributed by atoms with Crippen molar-refractivity contribution in [2.45, 2.75) is 4.34 Å². The lowest BCUT2D eigenvalue weighted by atomic mass is 10.2. The van der Waals surface area contributed by atoms with Crippen molar-refractivity contribution in [2.75, 3.05) is 6.54 Å². The number of hydrogen-bond donors (Lipinski definition) is 2. The smallest absolute Gasteiger partial charge is 0.216 e. The Labute approximate surface area is 151 Å². The number of hydrazone groups is 1. The number of aromatic hydroxyl groups is 1. The molecular weight excluding hydrogens is 366 g/mol. The van der Waals surface area contributed by atoms with Crippen molar-refractivity contribution in [3.8, 4) is 5.75 Å². The van der Waals surface area contributed by atoms with Gasteiger partial charge in [-0.3, -0.25) is 4.79 Å². The molecule has 0 aliphatic carbocycles. The lowest BCUT2D eigenvalue weighted by Crippen LogP contribution is -2.15. The molecule has 0 aliphatic heterocycles. The average Bonchev–Trinajstić information content (AvgIpc) is 2.95. The predicted octanol–water partition coefficient (Wildman–Crippen LogP) is 3.90. The van der Waals surface area contributed by atoms with Crippen molar-refractivity contribution in [1.82, 2.24) is 10.4 Å². The molecule has 0 aliphatic rings. The number of carbonyl (C=O) groups excluding carboxylic acids is 1. The Morgan fingerprint density at radius 1 is 1.33 bits per heavy atom. The van der Waals surface area contributed by atoms with Gasteiger partial charge in [-0.05, 0) is 36.0 Å². The van der Waals surface area contributed by atoms with Crippen LogP contribution in [0.4, 0.5) is 0 Å². The molecule has 8 heteroatoms. The standard InChI is InChI=1S/C16H12ClN3O2S2/c17-11-4-3-6-13(21)10(11)8-18-19-9-15(22)24-16-20-12-5-1-2-7-14(12)23-16/h1-8,19,21H,9H2/b18-8-. The summed E-state index contributed by atoms with van der Waals surface area (Å²) in [6, 6.07) is 12.5. The summed E-state index contributed by atoms with van der Waals surface area (Å²) in [5.41, 5.74) is 3.94. The Kier molecular flexibility index (Phi) is 5.34. The summed E-state index contributed by atoms with van der Waals surface area (Å²) in [6.07, 6.45) is 1.38. The molecule has 1 heterocycles. The Bertz CT molecular complexity index is 858. The Morgan fingerprint density at radius 2 is 2.17 bits per heavy atom. The van der Waals surface area contributed by atoms with Gasteiger partial charge in [0.25, 0.3) is 0 Å². The van der Waals surface area contributed by atoms with Crippen LogP contribution in [0.15, 0.2) is 51.9 Å². The zero-order valence-corrected chi connectivity index (χ0v) is 14.7. The minimum absolute atomic E-state index is 0.0308. The van der Waals surface area contributed by atoms with Gasteiger partial charge in [-0.1, -0.05) is 29.8 Å². The molecule has 3 aromatic rings. The number of phenols is 1. The van der Waals surface area contributed by atoms with Gasteiger partial charge in [0.2, 0.25) is 5.12 Å². The molecule has 2 aromatic carbocycles. The van der Waals surface area contributed by atoms with Gasteiger partial charge in [-0.15, -0.1) is 11.3 Å². The topological polar surface area (TPSA) is 74.6 Å². The third-order valence-corrected chi connectivity index (χ3v) is 5.31. The second-order valence-electron chi connectivity index (χ2n) is 4.69. The first-order chi connectivity index (χ1) is 11.6. The molecule has 0 spiro atoms. The molecule has 5 nitrogen and oxygen atoms in total. The largest absolute Gasteiger partial charge is 0.507 e. The Hall–Kier alpha value is -2.09. The van der Waals surface area contributed by atoms with Crippen LogP contribution in [-0.2, 0) is 4.79 Å². The number of carbonyl (C=O) groups is 1. The first-order valence-electron chi connectivity index (χ1n) is 6.93. The van der Waals surface area contributed by atoms with Gasteiger partial charge in [-0.2, -0.15) is 5.10 Å². The van der Waals surface area contributed by atoms with E-state index in [1.54, 1.807) is 12.1 Å². The van der Waals surface area contributed by atoms with Gasteiger partial charge in [0, 0.05) is 0 Å². The van der Waals surface area contributed by atoms with Crippen LogP contribution in [0.25, 0.3) is 10.2 Å². The number of benzene rings is 2. The maximum atomic E-state index is 12.0. The lowest BCUT2D eigenvalue weighted by molar-refractivity contribution is -0.110. The van der Waals surface area contributed by atoms with Gasteiger partial charge in [-0.25, -0.2) is 4.98 Å². The van der Waals surface area contributed by atoms with Crippen LogP contribution in [-0.4, -0.2) is 28.0 Å². The summed E-state index contributed by atoms with van der Waals surface area (Å²) < 4.78 is 1.75. The molecule has 0 radical (unpaired) electrons. The van der Waals surface area contributed by atoms with Crippen molar-refractivity contribution in [1.29, 1.82) is 0 Å². The number of thiazole rings is 1. The van der Waals surface area contributed by atoms with Crippen molar-refractivity contribution in [2.24, 2.45) is 5.10 Å². The number of phenolic OH excluding ortho intramolecular Hbond substituents is 1. The third kappa shape index (κ3) is 4.05. The molecule has 3 rings (SSSR count). The fourth-order valence-electron chi connectivity index (χ4n) is 1.90. The molecule has 122 valence electrons. The molecule has 0 saturated heterocycles. The van der Waals surface area contributed by atoms with Crippen LogP contribution in [0.3, 0.4) is 0 Å². The number of hydrogen-bond acceptors (Lipinski definition) is 7. The second-order valence-corrected chi connectivity index (χ2v) is 7.43. The van der Waals surface area contributed by atoms with E-state index in [4.69, 9.17) is 11.6 Å². The molecule has 0 bridgehead atoms. The van der Waals surface area contributed by atoms with E-state index in [-0.39, 0.29) is 17.4 Å². The van der Waals surface area contributed by atoms with E-state index in [0.29, 0.717) is 14.9 Å². The second kappa shape index (κ2) is 7.65. The molecular formula is C16H12ClN3O2S2. The summed E-state index contributed by atoms with van der Waals surface area (Å²) in [6.45, 7) is 0.0440. The fourth-order valence-corrected chi connectivity index (χ4v) is 4.01. The molecule has 2 N–H and O–H groups in total. The highest BCUT2D eigenvalue weighted by atomic mass is 35.5. The monoisotopic (exact) mass is 377 g/mol. The summed E-state index contributed by atoms with van der Waals surface area (Å²) in [5.74, 6) is 0.0308. The first kappa shape index (κ1) is 16.8. The van der Waals surface area contributed by atoms with Crippen molar-refractivity contribution < 1.29 is 9.90 Å². The first-order valence-corrected chi connectivity index (χ1v) is 8.94. The summed E-state index contributed by atoms with van der Waals surface area (Å²) in [5, 5.41) is 13.9. The molecule has 24 heavy (non-hydrogen) atoms. The van der Waals surface area contributed by atoms with Crippen LogP contribution in [0.1, 0.15) is 5.56 Å². The number of nitrogens with one attached hydrogen (secondary N) is 1. The van der Waals surface area contributed by atoms with Crippen molar-refractivity contribution in [3.63, 3.8) is 0 Å². The zero-order chi connectivity index (χ0) is 16.9. The van der Waals surface area contributed by atoms with E-state index < -0.39 is 0 Å². The van der Waals surface area contributed by atoms with Crippen LogP contribution in [0, 0.1) is 0 Å². The molecule has 0 unspecified atom stereocenters. The zero-order valence-electron chi connectivity index (χ0n) is 12.3. The maximum absolute atomic E-state index is 12.0. The van der Waals surface area contributed by atoms with Gasteiger partial charge in [0.05, 0.1) is 27.0 Å². The minimum Gasteiger partial charge on any atom is -0.507 e. The summed E-state index contributed by atoms with van der Waals surface area (Å²) in [4.78, 5) is 16.3.